The van der Waals surface area contributed by atoms with Gasteiger partial charge in [-0.25, -0.2) is 4.39 Å². The summed E-state index contributed by atoms with van der Waals surface area (Å²) in [5, 5.41) is 0. The van der Waals surface area contributed by atoms with Gasteiger partial charge in [-0.3, -0.25) is 0 Å². The largest absolute Gasteiger partial charge is 0.330 e. The van der Waals surface area contributed by atoms with E-state index in [2.05, 4.69) is 0 Å². The minimum Gasteiger partial charge on any atom is -0.330 e. The fraction of sp³-hybridized carbons (Fsp3) is 0.455. The zero-order valence-electron chi connectivity index (χ0n) is 7.59. The van der Waals surface area contributed by atoms with E-state index in [1.165, 1.54) is 5.56 Å². The van der Waals surface area contributed by atoms with Crippen LogP contribution in [0.15, 0.2) is 24.3 Å². The molecule has 0 radical (unpaired) electrons. The molecule has 0 amide bonds. The lowest BCUT2D eigenvalue weighted by atomic mass is 10.1. The molecule has 0 saturated heterocycles. The van der Waals surface area contributed by atoms with Gasteiger partial charge in [0.25, 0.3) is 0 Å². The van der Waals surface area contributed by atoms with E-state index in [4.69, 9.17) is 5.73 Å². The fourth-order valence-electron chi connectivity index (χ4n) is 1.54. The Kier molecular flexibility index (Phi) is 2.08. The Labute approximate surface area is 77.8 Å². The highest BCUT2D eigenvalue weighted by atomic mass is 19.1. The highest BCUT2D eigenvalue weighted by molar-refractivity contribution is 5.30. The summed E-state index contributed by atoms with van der Waals surface area (Å²) >= 11 is 0. The van der Waals surface area contributed by atoms with Gasteiger partial charge in [0, 0.05) is 0 Å². The summed E-state index contributed by atoms with van der Waals surface area (Å²) in [6, 6.07) is 7.72. The lowest BCUT2D eigenvalue weighted by Crippen LogP contribution is -2.03. The molecule has 1 aliphatic carbocycles. The van der Waals surface area contributed by atoms with Crippen LogP contribution >= 0.6 is 0 Å². The maximum atomic E-state index is 13.5. The SMILES string of the molecule is NCCc1ccc(C2(F)CC2)cc1. The third-order valence-electron chi connectivity index (χ3n) is 2.59. The maximum absolute atomic E-state index is 13.5. The standard InChI is InChI=1S/C11H14FN/c12-11(6-7-11)10-3-1-9(2-4-10)5-8-13/h1-4H,5-8,13H2. The van der Waals surface area contributed by atoms with Crippen LogP contribution in [0.1, 0.15) is 24.0 Å². The molecule has 2 N–H and O–H groups in total. The first-order valence-electron chi connectivity index (χ1n) is 4.73. The van der Waals surface area contributed by atoms with Gasteiger partial charge < -0.3 is 5.73 Å². The van der Waals surface area contributed by atoms with Crippen LogP contribution < -0.4 is 5.73 Å². The first-order chi connectivity index (χ1) is 6.24. The number of nitrogens with two attached hydrogens (primary N) is 1. The van der Waals surface area contributed by atoms with Gasteiger partial charge in [0.05, 0.1) is 0 Å². The lowest BCUT2D eigenvalue weighted by Gasteiger charge is -2.05. The molecule has 1 fully saturated rings. The first kappa shape index (κ1) is 8.70. The van der Waals surface area contributed by atoms with Crippen LogP contribution in [0.4, 0.5) is 4.39 Å². The van der Waals surface area contributed by atoms with Gasteiger partial charge in [-0.1, -0.05) is 24.3 Å². The minimum atomic E-state index is -0.999. The molecule has 0 heterocycles. The predicted octanol–water partition coefficient (Wildman–Crippen LogP) is 2.15. The predicted molar refractivity (Wildman–Crippen MR) is 51.2 cm³/mol. The monoisotopic (exact) mass is 179 g/mol. The fourth-order valence-corrected chi connectivity index (χ4v) is 1.54. The van der Waals surface area contributed by atoms with Gasteiger partial charge in [-0.15, -0.1) is 0 Å². The molecule has 1 saturated carbocycles. The van der Waals surface area contributed by atoms with Crippen molar-refractivity contribution in [2.45, 2.75) is 24.9 Å². The third-order valence-corrected chi connectivity index (χ3v) is 2.59. The van der Waals surface area contributed by atoms with Crippen molar-refractivity contribution in [1.82, 2.24) is 0 Å². The van der Waals surface area contributed by atoms with Crippen LogP contribution in [0.25, 0.3) is 0 Å². The highest BCUT2D eigenvalue weighted by Crippen LogP contribution is 2.49. The molecule has 1 aromatic rings. The van der Waals surface area contributed by atoms with Crippen molar-refractivity contribution < 1.29 is 4.39 Å². The van der Waals surface area contributed by atoms with Crippen LogP contribution in [0.2, 0.25) is 0 Å². The van der Waals surface area contributed by atoms with E-state index in [1.807, 2.05) is 24.3 Å². The van der Waals surface area contributed by atoms with Gasteiger partial charge in [0.15, 0.2) is 0 Å². The van der Waals surface area contributed by atoms with Gasteiger partial charge in [-0.05, 0) is 36.9 Å². The van der Waals surface area contributed by atoms with Crippen LogP contribution in [-0.2, 0) is 12.1 Å². The van der Waals surface area contributed by atoms with E-state index in [0.717, 1.165) is 12.0 Å². The zero-order valence-corrected chi connectivity index (χ0v) is 7.59. The summed E-state index contributed by atoms with van der Waals surface area (Å²) in [7, 11) is 0. The number of hydrogen-bond donors (Lipinski definition) is 1. The molecule has 1 aliphatic rings. The zero-order chi connectivity index (χ0) is 9.31. The Morgan fingerprint density at radius 1 is 1.23 bits per heavy atom. The first-order valence-corrected chi connectivity index (χ1v) is 4.73. The molecule has 2 heteroatoms. The number of halogens is 1. The van der Waals surface area contributed by atoms with E-state index >= 15 is 0 Å². The lowest BCUT2D eigenvalue weighted by molar-refractivity contribution is 0.317. The van der Waals surface area contributed by atoms with E-state index in [9.17, 15) is 4.39 Å². The number of alkyl halides is 1. The Morgan fingerprint density at radius 2 is 1.85 bits per heavy atom. The molecule has 0 bridgehead atoms. The second-order valence-corrected chi connectivity index (χ2v) is 3.70. The van der Waals surface area contributed by atoms with Crippen LogP contribution in [0.5, 0.6) is 0 Å². The summed E-state index contributed by atoms with van der Waals surface area (Å²) in [4.78, 5) is 0. The Bertz CT molecular complexity index is 287. The molecule has 13 heavy (non-hydrogen) atoms. The second-order valence-electron chi connectivity index (χ2n) is 3.70. The molecule has 2 rings (SSSR count). The Balaban J connectivity index is 2.14. The second kappa shape index (κ2) is 3.11. The average Bonchev–Trinajstić information content (AvgIpc) is 2.87. The summed E-state index contributed by atoms with van der Waals surface area (Å²) in [6.07, 6.45) is 2.24. The Hall–Kier alpha value is -0.890. The quantitative estimate of drug-likeness (QED) is 0.756. The smallest absolute Gasteiger partial charge is 0.136 e. The molecule has 1 nitrogen and oxygen atoms in total. The average molecular weight is 179 g/mol. The van der Waals surface area contributed by atoms with E-state index < -0.39 is 5.67 Å². The van der Waals surface area contributed by atoms with Crippen molar-refractivity contribution in [3.63, 3.8) is 0 Å². The van der Waals surface area contributed by atoms with E-state index in [-0.39, 0.29) is 0 Å². The molecule has 0 spiro atoms. The van der Waals surface area contributed by atoms with Crippen LogP contribution in [0.3, 0.4) is 0 Å². The molecule has 0 aliphatic heterocycles. The van der Waals surface area contributed by atoms with Gasteiger partial charge in [0.1, 0.15) is 5.67 Å². The van der Waals surface area contributed by atoms with E-state index in [1.54, 1.807) is 0 Å². The molecular weight excluding hydrogens is 165 g/mol. The number of hydrogen-bond acceptors (Lipinski definition) is 1. The van der Waals surface area contributed by atoms with Crippen molar-refractivity contribution in [2.75, 3.05) is 6.54 Å². The minimum absolute atomic E-state index is 0.653. The summed E-state index contributed by atoms with van der Waals surface area (Å²) in [5.41, 5.74) is 6.44. The number of benzene rings is 1. The molecule has 70 valence electrons. The maximum Gasteiger partial charge on any atom is 0.136 e. The number of rotatable bonds is 3. The summed E-state index contributed by atoms with van der Waals surface area (Å²) < 4.78 is 13.5. The Morgan fingerprint density at radius 3 is 2.31 bits per heavy atom. The summed E-state index contributed by atoms with van der Waals surface area (Å²) in [6.45, 7) is 0.653. The highest BCUT2D eigenvalue weighted by Gasteiger charge is 2.44. The molecule has 0 atom stereocenters. The van der Waals surface area contributed by atoms with Crippen LogP contribution in [0, 0.1) is 0 Å². The summed E-state index contributed by atoms with van der Waals surface area (Å²) in [5.74, 6) is 0. The van der Waals surface area contributed by atoms with Crippen molar-refractivity contribution in [3.8, 4) is 0 Å². The van der Waals surface area contributed by atoms with Gasteiger partial charge in [-0.2, -0.15) is 0 Å². The molecule has 1 aromatic carbocycles. The van der Waals surface area contributed by atoms with Crippen LogP contribution in [-0.4, -0.2) is 6.54 Å². The van der Waals surface area contributed by atoms with Crippen molar-refractivity contribution in [2.24, 2.45) is 5.73 Å². The molecule has 0 unspecified atom stereocenters. The van der Waals surface area contributed by atoms with Gasteiger partial charge in [0.2, 0.25) is 0 Å². The normalized spacial score (nSPS) is 18.6. The molecule has 0 aromatic heterocycles. The van der Waals surface area contributed by atoms with Crippen molar-refractivity contribution >= 4 is 0 Å². The van der Waals surface area contributed by atoms with E-state index in [0.29, 0.717) is 19.4 Å². The topological polar surface area (TPSA) is 26.0 Å². The van der Waals surface area contributed by atoms with Crippen molar-refractivity contribution in [3.05, 3.63) is 35.4 Å². The van der Waals surface area contributed by atoms with Crippen molar-refractivity contribution in [1.29, 1.82) is 0 Å². The molecular formula is C11H14FN. The third kappa shape index (κ3) is 1.73. The van der Waals surface area contributed by atoms with Gasteiger partial charge >= 0.3 is 0 Å².